The number of hydrogen-bond donors (Lipinski definition) is 0. The fourth-order valence-electron chi connectivity index (χ4n) is 3.77. The standard InChI is InChI=1S/C18H25NO3/c1-14-6-3-4-7-15(14)17(20)19-11-9-18(10-12-19)16(21-2)8-5-13-22-18/h3-4,6-7,16H,5,8-13H2,1-2H3/t16-/m0/s1. The molecule has 1 amide bonds. The van der Waals surface area contributed by atoms with Crippen LogP contribution in [0.4, 0.5) is 0 Å². The van der Waals surface area contributed by atoms with E-state index in [9.17, 15) is 4.79 Å². The number of rotatable bonds is 2. The predicted octanol–water partition coefficient (Wildman–Crippen LogP) is 2.80. The molecule has 1 aromatic carbocycles. The summed E-state index contributed by atoms with van der Waals surface area (Å²) in [5, 5.41) is 0. The smallest absolute Gasteiger partial charge is 0.254 e. The van der Waals surface area contributed by atoms with Gasteiger partial charge in [-0.05, 0) is 44.2 Å². The van der Waals surface area contributed by atoms with Gasteiger partial charge in [0.25, 0.3) is 5.91 Å². The molecule has 0 unspecified atom stereocenters. The second kappa shape index (κ2) is 6.39. The van der Waals surface area contributed by atoms with Crippen LogP contribution >= 0.6 is 0 Å². The number of carbonyl (C=O) groups excluding carboxylic acids is 1. The maximum absolute atomic E-state index is 12.7. The van der Waals surface area contributed by atoms with E-state index >= 15 is 0 Å². The molecule has 4 nitrogen and oxygen atoms in total. The van der Waals surface area contributed by atoms with Gasteiger partial charge in [0.15, 0.2) is 0 Å². The highest BCUT2D eigenvalue weighted by Crippen LogP contribution is 2.37. The molecule has 0 radical (unpaired) electrons. The highest BCUT2D eigenvalue weighted by atomic mass is 16.5. The lowest BCUT2D eigenvalue weighted by Crippen LogP contribution is -2.56. The summed E-state index contributed by atoms with van der Waals surface area (Å²) in [5.41, 5.74) is 1.66. The van der Waals surface area contributed by atoms with Crippen LogP contribution in [-0.4, -0.2) is 49.3 Å². The summed E-state index contributed by atoms with van der Waals surface area (Å²) in [6, 6.07) is 7.80. The molecule has 3 rings (SSSR count). The van der Waals surface area contributed by atoms with Gasteiger partial charge in [-0.1, -0.05) is 18.2 Å². The lowest BCUT2D eigenvalue weighted by molar-refractivity contribution is -0.183. The Kier molecular flexibility index (Phi) is 4.50. The number of nitrogens with zero attached hydrogens (tertiary/aromatic N) is 1. The van der Waals surface area contributed by atoms with Crippen molar-refractivity contribution in [3.05, 3.63) is 35.4 Å². The maximum Gasteiger partial charge on any atom is 0.254 e. The molecule has 0 N–H and O–H groups in total. The van der Waals surface area contributed by atoms with Crippen molar-refractivity contribution >= 4 is 5.91 Å². The molecular weight excluding hydrogens is 278 g/mol. The van der Waals surface area contributed by atoms with Crippen molar-refractivity contribution in [3.8, 4) is 0 Å². The van der Waals surface area contributed by atoms with E-state index < -0.39 is 0 Å². The van der Waals surface area contributed by atoms with Gasteiger partial charge >= 0.3 is 0 Å². The molecule has 0 saturated carbocycles. The molecule has 22 heavy (non-hydrogen) atoms. The molecule has 2 aliphatic rings. The van der Waals surface area contributed by atoms with E-state index in [1.807, 2.05) is 36.1 Å². The molecule has 0 bridgehead atoms. The molecule has 1 aromatic rings. The van der Waals surface area contributed by atoms with Crippen molar-refractivity contribution in [2.24, 2.45) is 0 Å². The minimum Gasteiger partial charge on any atom is -0.378 e. The number of ether oxygens (including phenoxy) is 2. The van der Waals surface area contributed by atoms with Crippen molar-refractivity contribution in [2.45, 2.75) is 44.3 Å². The number of hydrogen-bond acceptors (Lipinski definition) is 3. The van der Waals surface area contributed by atoms with Gasteiger partial charge < -0.3 is 14.4 Å². The Labute approximate surface area is 132 Å². The van der Waals surface area contributed by atoms with Crippen molar-refractivity contribution in [1.29, 1.82) is 0 Å². The summed E-state index contributed by atoms with van der Waals surface area (Å²) in [6.07, 6.45) is 4.01. The molecule has 1 atom stereocenters. The largest absolute Gasteiger partial charge is 0.378 e. The van der Waals surface area contributed by atoms with Gasteiger partial charge in [0, 0.05) is 32.4 Å². The lowest BCUT2D eigenvalue weighted by atomic mass is 9.81. The van der Waals surface area contributed by atoms with Gasteiger partial charge in [0.05, 0.1) is 11.7 Å². The van der Waals surface area contributed by atoms with E-state index in [0.717, 1.165) is 56.5 Å². The second-order valence-electron chi connectivity index (χ2n) is 6.39. The zero-order chi connectivity index (χ0) is 15.6. The fraction of sp³-hybridized carbons (Fsp3) is 0.611. The van der Waals surface area contributed by atoms with Gasteiger partial charge in [-0.2, -0.15) is 0 Å². The first kappa shape index (κ1) is 15.5. The molecule has 2 fully saturated rings. The molecule has 120 valence electrons. The first-order valence-corrected chi connectivity index (χ1v) is 8.18. The lowest BCUT2D eigenvalue weighted by Gasteiger charge is -2.48. The number of amides is 1. The van der Waals surface area contributed by atoms with Crippen LogP contribution in [0.3, 0.4) is 0 Å². The van der Waals surface area contributed by atoms with Crippen LogP contribution in [0.2, 0.25) is 0 Å². The van der Waals surface area contributed by atoms with E-state index in [2.05, 4.69) is 0 Å². The molecule has 0 aliphatic carbocycles. The van der Waals surface area contributed by atoms with E-state index in [-0.39, 0.29) is 17.6 Å². The van der Waals surface area contributed by atoms with E-state index in [0.29, 0.717) is 0 Å². The Bertz CT molecular complexity index is 535. The van der Waals surface area contributed by atoms with Crippen LogP contribution in [-0.2, 0) is 9.47 Å². The Morgan fingerprint density at radius 1 is 1.32 bits per heavy atom. The molecule has 2 aliphatic heterocycles. The average molecular weight is 303 g/mol. The summed E-state index contributed by atoms with van der Waals surface area (Å²) in [5.74, 6) is 0.137. The number of carbonyl (C=O) groups is 1. The summed E-state index contributed by atoms with van der Waals surface area (Å²) >= 11 is 0. The van der Waals surface area contributed by atoms with Crippen molar-refractivity contribution in [2.75, 3.05) is 26.8 Å². The van der Waals surface area contributed by atoms with Crippen LogP contribution in [0.15, 0.2) is 24.3 Å². The second-order valence-corrected chi connectivity index (χ2v) is 6.39. The van der Waals surface area contributed by atoms with Gasteiger partial charge in [0.1, 0.15) is 0 Å². The van der Waals surface area contributed by atoms with Gasteiger partial charge in [-0.25, -0.2) is 0 Å². The molecule has 4 heteroatoms. The third kappa shape index (κ3) is 2.77. The minimum atomic E-state index is -0.185. The summed E-state index contributed by atoms with van der Waals surface area (Å²) in [4.78, 5) is 14.7. The monoisotopic (exact) mass is 303 g/mol. The minimum absolute atomic E-state index is 0.137. The number of methoxy groups -OCH3 is 1. The first-order chi connectivity index (χ1) is 10.7. The quantitative estimate of drug-likeness (QED) is 0.843. The Morgan fingerprint density at radius 2 is 2.05 bits per heavy atom. The van der Waals surface area contributed by atoms with Crippen LogP contribution in [0.25, 0.3) is 0 Å². The number of benzene rings is 1. The maximum atomic E-state index is 12.7. The van der Waals surface area contributed by atoms with Crippen molar-refractivity contribution < 1.29 is 14.3 Å². The van der Waals surface area contributed by atoms with Gasteiger partial charge in [0.2, 0.25) is 0 Å². The van der Waals surface area contributed by atoms with E-state index in [4.69, 9.17) is 9.47 Å². The SMILES string of the molecule is CO[C@H]1CCCOC12CCN(C(=O)c1ccccc1C)CC2. The fourth-order valence-corrected chi connectivity index (χ4v) is 3.77. The topological polar surface area (TPSA) is 38.8 Å². The summed E-state index contributed by atoms with van der Waals surface area (Å²) in [7, 11) is 1.77. The molecule has 1 spiro atoms. The Balaban J connectivity index is 1.69. The zero-order valence-electron chi connectivity index (χ0n) is 13.5. The molecule has 0 aromatic heterocycles. The predicted molar refractivity (Wildman–Crippen MR) is 85.0 cm³/mol. The van der Waals surface area contributed by atoms with Crippen LogP contribution < -0.4 is 0 Å². The third-order valence-corrected chi connectivity index (χ3v) is 5.14. The average Bonchev–Trinajstić information content (AvgIpc) is 2.56. The highest BCUT2D eigenvalue weighted by Gasteiger charge is 2.45. The molecule has 2 saturated heterocycles. The zero-order valence-corrected chi connectivity index (χ0v) is 13.5. The number of piperidine rings is 1. The van der Waals surface area contributed by atoms with Crippen molar-refractivity contribution in [1.82, 2.24) is 4.90 Å². The Hall–Kier alpha value is -1.39. The third-order valence-electron chi connectivity index (χ3n) is 5.14. The normalized spacial score (nSPS) is 24.5. The van der Waals surface area contributed by atoms with Crippen molar-refractivity contribution in [3.63, 3.8) is 0 Å². The first-order valence-electron chi connectivity index (χ1n) is 8.18. The van der Waals surface area contributed by atoms with Gasteiger partial charge in [-0.3, -0.25) is 4.79 Å². The Morgan fingerprint density at radius 3 is 2.73 bits per heavy atom. The summed E-state index contributed by atoms with van der Waals surface area (Å²) < 4.78 is 11.8. The van der Waals surface area contributed by atoms with Crippen LogP contribution in [0.5, 0.6) is 0 Å². The number of likely N-dealkylation sites (tertiary alicyclic amines) is 1. The van der Waals surface area contributed by atoms with E-state index in [1.165, 1.54) is 0 Å². The van der Waals surface area contributed by atoms with Gasteiger partial charge in [-0.15, -0.1) is 0 Å². The summed E-state index contributed by atoms with van der Waals surface area (Å²) in [6.45, 7) is 4.29. The van der Waals surface area contributed by atoms with E-state index in [1.54, 1.807) is 7.11 Å². The van der Waals surface area contributed by atoms with Crippen LogP contribution in [0.1, 0.15) is 41.6 Å². The molecular formula is C18H25NO3. The molecule has 2 heterocycles. The number of aryl methyl sites for hydroxylation is 1. The highest BCUT2D eigenvalue weighted by molar-refractivity contribution is 5.95. The van der Waals surface area contributed by atoms with Crippen LogP contribution in [0, 0.1) is 6.92 Å².